The van der Waals surface area contributed by atoms with Crippen molar-refractivity contribution in [2.45, 2.75) is 70.7 Å². The first kappa shape index (κ1) is 16.0. The lowest BCUT2D eigenvalue weighted by Crippen LogP contribution is -2.26. The molecule has 0 saturated heterocycles. The second-order valence-electron chi connectivity index (χ2n) is 4.37. The van der Waals surface area contributed by atoms with Crippen LogP contribution < -0.4 is 0 Å². The Morgan fingerprint density at radius 2 is 1.88 bits per heavy atom. The summed E-state index contributed by atoms with van der Waals surface area (Å²) in [6, 6.07) is 0. The van der Waals surface area contributed by atoms with E-state index in [0.29, 0.717) is 13.0 Å². The summed E-state index contributed by atoms with van der Waals surface area (Å²) in [7, 11) is 0. The monoisotopic (exact) mass is 246 g/mol. The molecule has 0 bridgehead atoms. The van der Waals surface area contributed by atoms with Crippen LogP contribution in [-0.4, -0.2) is 23.7 Å². The predicted molar refractivity (Wildman–Crippen MR) is 72.2 cm³/mol. The maximum atomic E-state index is 11.9. The molecule has 0 N–H and O–H groups in total. The number of thiol groups is 1. The summed E-state index contributed by atoms with van der Waals surface area (Å²) in [5, 5.41) is 0.131. The SMILES string of the molecule is CCCCOC(CCCC)C(=O)CC(C)S. The summed E-state index contributed by atoms with van der Waals surface area (Å²) in [4.78, 5) is 11.9. The van der Waals surface area contributed by atoms with Gasteiger partial charge in [0, 0.05) is 18.3 Å². The molecule has 96 valence electrons. The van der Waals surface area contributed by atoms with Gasteiger partial charge in [0.1, 0.15) is 6.10 Å². The van der Waals surface area contributed by atoms with Crippen molar-refractivity contribution in [3.63, 3.8) is 0 Å². The number of Topliss-reactive ketones (excluding diaryl/α,β-unsaturated/α-hetero) is 1. The molecule has 0 amide bonds. The molecule has 0 aliphatic carbocycles. The van der Waals surface area contributed by atoms with Gasteiger partial charge >= 0.3 is 0 Å². The topological polar surface area (TPSA) is 26.3 Å². The van der Waals surface area contributed by atoms with Gasteiger partial charge < -0.3 is 4.74 Å². The Morgan fingerprint density at radius 1 is 1.25 bits per heavy atom. The highest BCUT2D eigenvalue weighted by Gasteiger charge is 2.19. The smallest absolute Gasteiger partial charge is 0.162 e. The van der Waals surface area contributed by atoms with Gasteiger partial charge in [-0.05, 0) is 12.8 Å². The highest BCUT2D eigenvalue weighted by molar-refractivity contribution is 7.80. The van der Waals surface area contributed by atoms with Gasteiger partial charge in [0.25, 0.3) is 0 Å². The van der Waals surface area contributed by atoms with Crippen molar-refractivity contribution in [3.8, 4) is 0 Å². The van der Waals surface area contributed by atoms with Crippen molar-refractivity contribution in [2.24, 2.45) is 0 Å². The molecule has 0 aromatic rings. The lowest BCUT2D eigenvalue weighted by molar-refractivity contribution is -0.131. The maximum Gasteiger partial charge on any atom is 0.162 e. The summed E-state index contributed by atoms with van der Waals surface area (Å²) in [5.41, 5.74) is 0. The molecule has 0 spiro atoms. The Balaban J connectivity index is 4.01. The molecule has 0 fully saturated rings. The first-order valence-corrected chi connectivity index (χ1v) is 6.95. The standard InChI is InChI=1S/C13H26O2S/c1-4-6-8-13(15-9-7-5-2)12(14)10-11(3)16/h11,13,16H,4-10H2,1-3H3. The molecule has 0 radical (unpaired) electrons. The number of hydrogen-bond acceptors (Lipinski definition) is 3. The van der Waals surface area contributed by atoms with Gasteiger partial charge in [-0.15, -0.1) is 0 Å². The van der Waals surface area contributed by atoms with Crippen LogP contribution in [-0.2, 0) is 9.53 Å². The van der Waals surface area contributed by atoms with Gasteiger partial charge in [-0.3, -0.25) is 4.79 Å². The van der Waals surface area contributed by atoms with Gasteiger partial charge in [0.15, 0.2) is 5.78 Å². The van der Waals surface area contributed by atoms with E-state index in [1.165, 1.54) is 0 Å². The molecular weight excluding hydrogens is 220 g/mol. The number of ketones is 1. The third-order valence-electron chi connectivity index (χ3n) is 2.49. The van der Waals surface area contributed by atoms with E-state index in [-0.39, 0.29) is 17.1 Å². The lowest BCUT2D eigenvalue weighted by atomic mass is 10.0. The molecule has 2 atom stereocenters. The van der Waals surface area contributed by atoms with Crippen LogP contribution in [0.3, 0.4) is 0 Å². The van der Waals surface area contributed by atoms with E-state index in [1.54, 1.807) is 0 Å². The fourth-order valence-electron chi connectivity index (χ4n) is 1.52. The van der Waals surface area contributed by atoms with Gasteiger partial charge in [0.2, 0.25) is 0 Å². The van der Waals surface area contributed by atoms with Crippen LogP contribution in [0.25, 0.3) is 0 Å². The van der Waals surface area contributed by atoms with E-state index < -0.39 is 0 Å². The number of unbranched alkanes of at least 4 members (excludes halogenated alkanes) is 2. The molecule has 0 aromatic heterocycles. The summed E-state index contributed by atoms with van der Waals surface area (Å²) < 4.78 is 5.66. The third-order valence-corrected chi connectivity index (χ3v) is 2.68. The minimum absolute atomic E-state index is 0.131. The highest BCUT2D eigenvalue weighted by Crippen LogP contribution is 2.12. The van der Waals surface area contributed by atoms with Crippen molar-refractivity contribution in [1.82, 2.24) is 0 Å². The van der Waals surface area contributed by atoms with Crippen molar-refractivity contribution in [2.75, 3.05) is 6.61 Å². The van der Waals surface area contributed by atoms with E-state index in [9.17, 15) is 4.79 Å². The zero-order valence-corrected chi connectivity index (χ0v) is 11.8. The van der Waals surface area contributed by atoms with E-state index in [4.69, 9.17) is 4.74 Å². The summed E-state index contributed by atoms with van der Waals surface area (Å²) in [6.07, 6.45) is 5.50. The zero-order chi connectivity index (χ0) is 12.4. The second-order valence-corrected chi connectivity index (χ2v) is 5.26. The normalized spacial score (nSPS) is 14.8. The van der Waals surface area contributed by atoms with Gasteiger partial charge in [-0.25, -0.2) is 0 Å². The molecule has 2 nitrogen and oxygen atoms in total. The Hall–Kier alpha value is -0.0200. The molecule has 16 heavy (non-hydrogen) atoms. The minimum Gasteiger partial charge on any atom is -0.370 e. The first-order chi connectivity index (χ1) is 7.61. The van der Waals surface area contributed by atoms with Crippen LogP contribution in [0.1, 0.15) is 59.3 Å². The number of carbonyl (C=O) groups is 1. The molecule has 0 rings (SSSR count). The van der Waals surface area contributed by atoms with Gasteiger partial charge in [-0.1, -0.05) is 40.0 Å². The van der Waals surface area contributed by atoms with E-state index in [0.717, 1.165) is 32.1 Å². The molecule has 3 heteroatoms. The molecule has 0 aromatic carbocycles. The van der Waals surface area contributed by atoms with Gasteiger partial charge in [-0.2, -0.15) is 12.6 Å². The number of ether oxygens (including phenoxy) is 1. The van der Waals surface area contributed by atoms with Crippen LogP contribution in [0.4, 0.5) is 0 Å². The Bertz CT molecular complexity index is 181. The van der Waals surface area contributed by atoms with E-state index in [1.807, 2.05) is 6.92 Å². The molecule has 0 aliphatic heterocycles. The van der Waals surface area contributed by atoms with Crippen molar-refractivity contribution in [1.29, 1.82) is 0 Å². The highest BCUT2D eigenvalue weighted by atomic mass is 32.1. The molecule has 0 aliphatic rings. The van der Waals surface area contributed by atoms with Crippen molar-refractivity contribution >= 4 is 18.4 Å². The van der Waals surface area contributed by atoms with Crippen LogP contribution in [0.2, 0.25) is 0 Å². The molecular formula is C13H26O2S. The predicted octanol–water partition coefficient (Wildman–Crippen LogP) is 3.64. The third kappa shape index (κ3) is 8.17. The summed E-state index contributed by atoms with van der Waals surface area (Å²) >= 11 is 4.26. The largest absolute Gasteiger partial charge is 0.370 e. The number of hydrogen-bond donors (Lipinski definition) is 1. The maximum absolute atomic E-state index is 11.9. The van der Waals surface area contributed by atoms with Gasteiger partial charge in [0.05, 0.1) is 0 Å². The van der Waals surface area contributed by atoms with Crippen molar-refractivity contribution in [3.05, 3.63) is 0 Å². The molecule has 0 heterocycles. The molecule has 0 saturated carbocycles. The summed E-state index contributed by atoms with van der Waals surface area (Å²) in [6.45, 7) is 6.92. The van der Waals surface area contributed by atoms with Crippen LogP contribution in [0.15, 0.2) is 0 Å². The summed E-state index contributed by atoms with van der Waals surface area (Å²) in [5.74, 6) is 0.215. The Morgan fingerprint density at radius 3 is 2.38 bits per heavy atom. The second kappa shape index (κ2) is 10.2. The van der Waals surface area contributed by atoms with Crippen LogP contribution >= 0.6 is 12.6 Å². The average Bonchev–Trinajstić information content (AvgIpc) is 2.22. The zero-order valence-electron chi connectivity index (χ0n) is 10.9. The quantitative estimate of drug-likeness (QED) is 0.470. The first-order valence-electron chi connectivity index (χ1n) is 6.44. The van der Waals surface area contributed by atoms with Crippen LogP contribution in [0, 0.1) is 0 Å². The van der Waals surface area contributed by atoms with Crippen molar-refractivity contribution < 1.29 is 9.53 Å². The van der Waals surface area contributed by atoms with E-state index >= 15 is 0 Å². The Labute approximate surface area is 106 Å². The molecule has 2 unspecified atom stereocenters. The Kier molecular flexibility index (Phi) is 10.1. The minimum atomic E-state index is -0.193. The fourth-order valence-corrected chi connectivity index (χ4v) is 1.70. The van der Waals surface area contributed by atoms with Crippen LogP contribution in [0.5, 0.6) is 0 Å². The number of carbonyl (C=O) groups excluding carboxylic acids is 1. The lowest BCUT2D eigenvalue weighted by Gasteiger charge is -2.17. The van der Waals surface area contributed by atoms with E-state index in [2.05, 4.69) is 26.5 Å². The fraction of sp³-hybridized carbons (Fsp3) is 0.923. The number of rotatable bonds is 10. The average molecular weight is 246 g/mol.